The third-order valence-electron chi connectivity index (χ3n) is 4.56. The van der Waals surface area contributed by atoms with Gasteiger partial charge in [-0.15, -0.1) is 0 Å². The van der Waals surface area contributed by atoms with E-state index in [0.717, 1.165) is 52.6 Å². The zero-order valence-corrected chi connectivity index (χ0v) is 14.0. The van der Waals surface area contributed by atoms with Crippen molar-refractivity contribution < 1.29 is 4.74 Å². The van der Waals surface area contributed by atoms with Crippen molar-refractivity contribution in [3.8, 4) is 16.9 Å². The number of fused-ring (bicyclic) bond motifs is 2. The van der Waals surface area contributed by atoms with Crippen LogP contribution in [0, 0.1) is 0 Å². The van der Waals surface area contributed by atoms with Gasteiger partial charge in [0.25, 0.3) is 0 Å². The Labute approximate surface area is 139 Å². The highest BCUT2D eigenvalue weighted by atomic mass is 32.2. The number of aromatic nitrogens is 2. The quantitative estimate of drug-likeness (QED) is 0.874. The number of aryl methyl sites for hydroxylation is 1. The highest BCUT2D eigenvalue weighted by molar-refractivity contribution is 7.99. The Bertz CT molecular complexity index is 770. The fraction of sp³-hybridized carbons (Fsp3) is 0.412. The van der Waals surface area contributed by atoms with E-state index in [2.05, 4.69) is 23.3 Å². The zero-order chi connectivity index (χ0) is 15.9. The molecule has 5 nitrogen and oxygen atoms in total. The number of hydrogen-bond donors (Lipinski definition) is 1. The number of hydrogen-bond acceptors (Lipinski definition) is 5. The minimum Gasteiger partial charge on any atom is -0.493 e. The van der Waals surface area contributed by atoms with Crippen LogP contribution in [-0.2, 0) is 12.6 Å². The summed E-state index contributed by atoms with van der Waals surface area (Å²) in [5, 5.41) is 4.27. The van der Waals surface area contributed by atoms with E-state index in [1.807, 2.05) is 35.9 Å². The lowest BCUT2D eigenvalue weighted by atomic mass is 9.81. The van der Waals surface area contributed by atoms with Crippen molar-refractivity contribution in [2.45, 2.75) is 18.4 Å². The molecule has 4 rings (SSSR count). The summed E-state index contributed by atoms with van der Waals surface area (Å²) in [4.78, 5) is 4.92. The first-order chi connectivity index (χ1) is 11.2. The molecule has 1 spiro atoms. The predicted octanol–water partition coefficient (Wildman–Crippen LogP) is 2.56. The number of nitrogens with zero attached hydrogens (tertiary/aromatic N) is 3. The standard InChI is InChI=1S/C17H20N4OS/c1-21-10-13(9-19-21)12-2-3-15-14(8-12)17(4-6-22-15)5-7-23-11-16(18)20-17/h2-3,8-10H,4-7,11H2,1H3,(H2,18,20). The van der Waals surface area contributed by atoms with Gasteiger partial charge in [0, 0.05) is 30.8 Å². The molecular weight excluding hydrogens is 308 g/mol. The molecule has 120 valence electrons. The van der Waals surface area contributed by atoms with E-state index < -0.39 is 0 Å². The summed E-state index contributed by atoms with van der Waals surface area (Å²) in [7, 11) is 1.93. The van der Waals surface area contributed by atoms with E-state index in [4.69, 9.17) is 15.5 Å². The van der Waals surface area contributed by atoms with Crippen LogP contribution >= 0.6 is 11.8 Å². The number of nitrogens with two attached hydrogens (primary N) is 1. The van der Waals surface area contributed by atoms with Gasteiger partial charge >= 0.3 is 0 Å². The first kappa shape index (κ1) is 14.6. The zero-order valence-electron chi connectivity index (χ0n) is 13.2. The molecule has 0 saturated carbocycles. The molecule has 0 saturated heterocycles. The molecule has 2 N–H and O–H groups in total. The molecule has 6 heteroatoms. The van der Waals surface area contributed by atoms with Gasteiger partial charge < -0.3 is 10.5 Å². The largest absolute Gasteiger partial charge is 0.493 e. The first-order valence-electron chi connectivity index (χ1n) is 7.85. The molecule has 1 aromatic carbocycles. The molecule has 0 bridgehead atoms. The lowest BCUT2D eigenvalue weighted by Crippen LogP contribution is -2.33. The first-order valence-corrected chi connectivity index (χ1v) is 9.00. The minimum atomic E-state index is -0.237. The van der Waals surface area contributed by atoms with E-state index in [-0.39, 0.29) is 5.54 Å². The summed E-state index contributed by atoms with van der Waals surface area (Å²) >= 11 is 1.86. The fourth-order valence-corrected chi connectivity index (χ4v) is 4.29. The van der Waals surface area contributed by atoms with Crippen LogP contribution < -0.4 is 10.5 Å². The number of amidine groups is 1. The van der Waals surface area contributed by atoms with Crippen molar-refractivity contribution in [2.75, 3.05) is 18.1 Å². The highest BCUT2D eigenvalue weighted by Gasteiger charge is 2.38. The SMILES string of the molecule is Cn1cc(-c2ccc3c(c2)C2(CCO3)CCSCC(N)=N2)cn1. The van der Waals surface area contributed by atoms with Crippen molar-refractivity contribution in [1.29, 1.82) is 0 Å². The Balaban J connectivity index is 1.84. The normalized spacial score (nSPS) is 23.8. The van der Waals surface area contributed by atoms with Gasteiger partial charge in [-0.1, -0.05) is 6.07 Å². The third kappa shape index (κ3) is 2.61. The number of thioether (sulfide) groups is 1. The molecule has 0 fully saturated rings. The van der Waals surface area contributed by atoms with Gasteiger partial charge in [-0.3, -0.25) is 9.67 Å². The monoisotopic (exact) mass is 328 g/mol. The van der Waals surface area contributed by atoms with E-state index in [0.29, 0.717) is 6.61 Å². The maximum Gasteiger partial charge on any atom is 0.124 e. The van der Waals surface area contributed by atoms with E-state index in [9.17, 15) is 0 Å². The molecule has 1 aromatic heterocycles. The minimum absolute atomic E-state index is 0.237. The molecule has 0 radical (unpaired) electrons. The Morgan fingerprint density at radius 2 is 2.22 bits per heavy atom. The lowest BCUT2D eigenvalue weighted by molar-refractivity contribution is 0.215. The van der Waals surface area contributed by atoms with Gasteiger partial charge in [-0.05, 0) is 29.9 Å². The van der Waals surface area contributed by atoms with Crippen molar-refractivity contribution in [2.24, 2.45) is 17.8 Å². The van der Waals surface area contributed by atoms with Gasteiger partial charge in [0.05, 0.1) is 24.1 Å². The number of rotatable bonds is 1. The second-order valence-electron chi connectivity index (χ2n) is 6.15. The molecule has 1 atom stereocenters. The summed E-state index contributed by atoms with van der Waals surface area (Å²) < 4.78 is 7.70. The maximum absolute atomic E-state index is 6.12. The second kappa shape index (κ2) is 5.60. The molecule has 1 unspecified atom stereocenters. The predicted molar refractivity (Wildman–Crippen MR) is 94.0 cm³/mol. The van der Waals surface area contributed by atoms with Gasteiger partial charge in [-0.25, -0.2) is 0 Å². The van der Waals surface area contributed by atoms with Crippen LogP contribution in [0.5, 0.6) is 5.75 Å². The molecule has 2 aliphatic rings. The van der Waals surface area contributed by atoms with Crippen LogP contribution in [0.15, 0.2) is 35.6 Å². The molecule has 3 heterocycles. The number of benzene rings is 1. The Kier molecular flexibility index (Phi) is 3.56. The molecule has 2 aliphatic heterocycles. The van der Waals surface area contributed by atoms with E-state index >= 15 is 0 Å². The highest BCUT2D eigenvalue weighted by Crippen LogP contribution is 2.45. The van der Waals surface area contributed by atoms with Gasteiger partial charge in [0.15, 0.2) is 0 Å². The summed E-state index contributed by atoms with van der Waals surface area (Å²) in [5.74, 6) is 3.57. The van der Waals surface area contributed by atoms with Gasteiger partial charge in [0.1, 0.15) is 11.6 Å². The fourth-order valence-electron chi connectivity index (χ4n) is 3.39. The van der Waals surface area contributed by atoms with Crippen LogP contribution in [0.2, 0.25) is 0 Å². The molecule has 0 amide bonds. The van der Waals surface area contributed by atoms with E-state index in [1.165, 1.54) is 0 Å². The van der Waals surface area contributed by atoms with Crippen molar-refractivity contribution in [3.05, 3.63) is 36.2 Å². The van der Waals surface area contributed by atoms with Gasteiger partial charge in [-0.2, -0.15) is 16.9 Å². The average Bonchev–Trinajstić information content (AvgIpc) is 2.89. The lowest BCUT2D eigenvalue weighted by Gasteiger charge is -2.35. The molecule has 0 aliphatic carbocycles. The van der Waals surface area contributed by atoms with Crippen molar-refractivity contribution in [1.82, 2.24) is 9.78 Å². The van der Waals surface area contributed by atoms with Crippen LogP contribution in [0.3, 0.4) is 0 Å². The Morgan fingerprint density at radius 3 is 3.04 bits per heavy atom. The van der Waals surface area contributed by atoms with Crippen LogP contribution in [-0.4, -0.2) is 33.7 Å². The second-order valence-corrected chi connectivity index (χ2v) is 7.25. The maximum atomic E-state index is 6.12. The van der Waals surface area contributed by atoms with E-state index in [1.54, 1.807) is 0 Å². The topological polar surface area (TPSA) is 65.4 Å². The van der Waals surface area contributed by atoms with Crippen molar-refractivity contribution in [3.63, 3.8) is 0 Å². The number of aliphatic imine (C=N–C) groups is 1. The Hall–Kier alpha value is -1.95. The summed E-state index contributed by atoms with van der Waals surface area (Å²) in [5.41, 5.74) is 9.30. The average molecular weight is 328 g/mol. The summed E-state index contributed by atoms with van der Waals surface area (Å²) in [6, 6.07) is 6.36. The molecule has 23 heavy (non-hydrogen) atoms. The van der Waals surface area contributed by atoms with Crippen LogP contribution in [0.4, 0.5) is 0 Å². The molecular formula is C17H20N4OS. The summed E-state index contributed by atoms with van der Waals surface area (Å²) in [6.45, 7) is 0.695. The Morgan fingerprint density at radius 1 is 1.30 bits per heavy atom. The smallest absolute Gasteiger partial charge is 0.124 e. The third-order valence-corrected chi connectivity index (χ3v) is 5.55. The van der Waals surface area contributed by atoms with Crippen molar-refractivity contribution >= 4 is 17.6 Å². The summed E-state index contributed by atoms with van der Waals surface area (Å²) in [6.07, 6.45) is 5.81. The number of ether oxygens (including phenoxy) is 1. The van der Waals surface area contributed by atoms with Crippen LogP contribution in [0.25, 0.3) is 11.1 Å². The molecule has 2 aromatic rings. The van der Waals surface area contributed by atoms with Crippen LogP contribution in [0.1, 0.15) is 18.4 Å². The van der Waals surface area contributed by atoms with Gasteiger partial charge in [0.2, 0.25) is 0 Å².